The molecule has 0 saturated carbocycles. The molecule has 0 aliphatic heterocycles. The van der Waals surface area contributed by atoms with Crippen LogP contribution in [0, 0.1) is 17.5 Å². The Labute approximate surface area is 107 Å². The third kappa shape index (κ3) is 2.98. The molecule has 0 saturated heterocycles. The maximum atomic E-state index is 13.5. The third-order valence-electron chi connectivity index (χ3n) is 2.86. The van der Waals surface area contributed by atoms with Crippen LogP contribution >= 0.6 is 0 Å². The van der Waals surface area contributed by atoms with Gasteiger partial charge < -0.3 is 15.5 Å². The molecule has 0 fully saturated rings. The summed E-state index contributed by atoms with van der Waals surface area (Å²) in [4.78, 5) is 11.7. The molecular weight excluding hydrogens is 263 g/mol. The van der Waals surface area contributed by atoms with Crippen LogP contribution in [0.2, 0.25) is 0 Å². The standard InChI is InChI=1S/C12H14F3NO3/c1-5(17)12(2,3)16-11(19)6-4-7(13)9(15)10(18)8(6)14/h4-5,17-18H,1-3H3,(H,16,19). The summed E-state index contributed by atoms with van der Waals surface area (Å²) in [6, 6.07) is 0.345. The van der Waals surface area contributed by atoms with E-state index in [1.807, 2.05) is 0 Å². The van der Waals surface area contributed by atoms with Gasteiger partial charge in [-0.2, -0.15) is 4.39 Å². The monoisotopic (exact) mass is 277 g/mol. The SMILES string of the molecule is CC(O)C(C)(C)NC(=O)c1cc(F)c(F)c(O)c1F. The molecule has 0 heterocycles. The molecular formula is C12H14F3NO3. The van der Waals surface area contributed by atoms with Crippen LogP contribution in [-0.2, 0) is 0 Å². The lowest BCUT2D eigenvalue weighted by atomic mass is 9.98. The van der Waals surface area contributed by atoms with Crippen LogP contribution in [-0.4, -0.2) is 27.8 Å². The zero-order valence-corrected chi connectivity index (χ0v) is 10.6. The maximum Gasteiger partial charge on any atom is 0.255 e. The lowest BCUT2D eigenvalue weighted by Crippen LogP contribution is -2.51. The second kappa shape index (κ2) is 5.08. The Morgan fingerprint density at radius 3 is 2.32 bits per heavy atom. The van der Waals surface area contributed by atoms with Crippen LogP contribution in [0.4, 0.5) is 13.2 Å². The number of benzene rings is 1. The summed E-state index contributed by atoms with van der Waals surface area (Å²) in [5.74, 6) is -7.49. The first-order valence-corrected chi connectivity index (χ1v) is 5.45. The molecule has 19 heavy (non-hydrogen) atoms. The van der Waals surface area contributed by atoms with Gasteiger partial charge in [-0.1, -0.05) is 0 Å². The minimum absolute atomic E-state index is 0.345. The molecule has 1 aromatic carbocycles. The quantitative estimate of drug-likeness (QED) is 0.736. The lowest BCUT2D eigenvalue weighted by molar-refractivity contribution is 0.0705. The fraction of sp³-hybridized carbons (Fsp3) is 0.417. The van der Waals surface area contributed by atoms with E-state index in [-0.39, 0.29) is 0 Å². The number of hydrogen-bond donors (Lipinski definition) is 3. The van der Waals surface area contributed by atoms with Crippen molar-refractivity contribution in [3.05, 3.63) is 29.1 Å². The molecule has 0 aromatic heterocycles. The first kappa shape index (κ1) is 15.3. The maximum absolute atomic E-state index is 13.5. The summed E-state index contributed by atoms with van der Waals surface area (Å²) in [6.07, 6.45) is -0.960. The van der Waals surface area contributed by atoms with Crippen LogP contribution in [0.3, 0.4) is 0 Å². The number of rotatable bonds is 3. The topological polar surface area (TPSA) is 69.6 Å². The van der Waals surface area contributed by atoms with Crippen molar-refractivity contribution in [1.82, 2.24) is 5.32 Å². The van der Waals surface area contributed by atoms with Gasteiger partial charge in [-0.15, -0.1) is 0 Å². The summed E-state index contributed by atoms with van der Waals surface area (Å²) >= 11 is 0. The molecule has 1 unspecified atom stereocenters. The number of phenolic OH excluding ortho intramolecular Hbond substituents is 1. The zero-order valence-electron chi connectivity index (χ0n) is 10.6. The number of aromatic hydroxyl groups is 1. The Hall–Kier alpha value is -1.76. The zero-order chi connectivity index (χ0) is 15.0. The normalized spacial score (nSPS) is 13.2. The fourth-order valence-electron chi connectivity index (χ4n) is 1.22. The molecule has 1 amide bonds. The van der Waals surface area contributed by atoms with Gasteiger partial charge in [0.1, 0.15) is 0 Å². The molecule has 1 atom stereocenters. The first-order chi connectivity index (χ1) is 8.58. The Bertz CT molecular complexity index is 515. The average Bonchev–Trinajstić information content (AvgIpc) is 2.30. The number of nitrogens with one attached hydrogen (secondary N) is 1. The molecule has 0 bridgehead atoms. The van der Waals surface area contributed by atoms with Crippen molar-refractivity contribution >= 4 is 5.91 Å². The van der Waals surface area contributed by atoms with E-state index >= 15 is 0 Å². The van der Waals surface area contributed by atoms with E-state index in [4.69, 9.17) is 5.11 Å². The Morgan fingerprint density at radius 2 is 1.84 bits per heavy atom. The number of phenols is 1. The van der Waals surface area contributed by atoms with Gasteiger partial charge in [-0.05, 0) is 26.8 Å². The second-order valence-electron chi connectivity index (χ2n) is 4.73. The van der Waals surface area contributed by atoms with Crippen molar-refractivity contribution in [2.75, 3.05) is 0 Å². The predicted octanol–water partition coefficient (Wildman–Crippen LogP) is 1.70. The Morgan fingerprint density at radius 1 is 1.32 bits per heavy atom. The number of aliphatic hydroxyl groups is 1. The molecule has 0 radical (unpaired) electrons. The van der Waals surface area contributed by atoms with E-state index in [1.165, 1.54) is 20.8 Å². The van der Waals surface area contributed by atoms with E-state index in [0.29, 0.717) is 6.07 Å². The molecule has 7 heteroatoms. The van der Waals surface area contributed by atoms with Gasteiger partial charge >= 0.3 is 0 Å². The van der Waals surface area contributed by atoms with Gasteiger partial charge in [0, 0.05) is 0 Å². The summed E-state index contributed by atoms with van der Waals surface area (Å²) < 4.78 is 39.4. The fourth-order valence-corrected chi connectivity index (χ4v) is 1.22. The molecule has 0 aliphatic rings. The predicted molar refractivity (Wildman–Crippen MR) is 61.2 cm³/mol. The number of hydrogen-bond acceptors (Lipinski definition) is 3. The van der Waals surface area contributed by atoms with Gasteiger partial charge in [-0.25, -0.2) is 8.78 Å². The minimum atomic E-state index is -1.76. The number of halogens is 3. The summed E-state index contributed by atoms with van der Waals surface area (Å²) in [6.45, 7) is 4.33. The van der Waals surface area contributed by atoms with Crippen molar-refractivity contribution in [3.8, 4) is 5.75 Å². The van der Waals surface area contributed by atoms with Gasteiger partial charge in [-0.3, -0.25) is 4.79 Å². The number of amides is 1. The summed E-state index contributed by atoms with van der Waals surface area (Å²) in [7, 11) is 0. The van der Waals surface area contributed by atoms with Crippen molar-refractivity contribution in [2.24, 2.45) is 0 Å². The van der Waals surface area contributed by atoms with E-state index < -0.39 is 46.3 Å². The Kier molecular flexibility index (Phi) is 4.09. The first-order valence-electron chi connectivity index (χ1n) is 5.45. The van der Waals surface area contributed by atoms with Crippen molar-refractivity contribution in [3.63, 3.8) is 0 Å². The van der Waals surface area contributed by atoms with Crippen molar-refractivity contribution in [2.45, 2.75) is 32.4 Å². The lowest BCUT2D eigenvalue weighted by Gasteiger charge is -2.29. The van der Waals surface area contributed by atoms with E-state index in [2.05, 4.69) is 5.32 Å². The van der Waals surface area contributed by atoms with E-state index in [1.54, 1.807) is 0 Å². The molecule has 0 spiro atoms. The van der Waals surface area contributed by atoms with Crippen LogP contribution in [0.25, 0.3) is 0 Å². The molecule has 0 aliphatic carbocycles. The third-order valence-corrected chi connectivity index (χ3v) is 2.86. The molecule has 1 aromatic rings. The number of aliphatic hydroxyl groups excluding tert-OH is 1. The second-order valence-corrected chi connectivity index (χ2v) is 4.73. The minimum Gasteiger partial charge on any atom is -0.503 e. The van der Waals surface area contributed by atoms with Crippen LogP contribution < -0.4 is 5.32 Å². The Balaban J connectivity index is 3.15. The van der Waals surface area contributed by atoms with Gasteiger partial charge in [0.25, 0.3) is 5.91 Å². The van der Waals surface area contributed by atoms with E-state index in [9.17, 15) is 23.1 Å². The molecule has 4 nitrogen and oxygen atoms in total. The van der Waals surface area contributed by atoms with Crippen LogP contribution in [0.1, 0.15) is 31.1 Å². The van der Waals surface area contributed by atoms with Gasteiger partial charge in [0.15, 0.2) is 17.4 Å². The molecule has 106 valence electrons. The van der Waals surface area contributed by atoms with Crippen molar-refractivity contribution < 1.29 is 28.2 Å². The summed E-state index contributed by atoms with van der Waals surface area (Å²) in [5.41, 5.74) is -1.95. The smallest absolute Gasteiger partial charge is 0.255 e. The highest BCUT2D eigenvalue weighted by Crippen LogP contribution is 2.26. The number of carbonyl (C=O) groups is 1. The molecule has 3 N–H and O–H groups in total. The highest BCUT2D eigenvalue weighted by Gasteiger charge is 2.29. The van der Waals surface area contributed by atoms with Crippen molar-refractivity contribution in [1.29, 1.82) is 0 Å². The van der Waals surface area contributed by atoms with E-state index in [0.717, 1.165) is 0 Å². The van der Waals surface area contributed by atoms with Gasteiger partial charge in [0.05, 0.1) is 17.2 Å². The molecule has 1 rings (SSSR count). The van der Waals surface area contributed by atoms with Gasteiger partial charge in [0.2, 0.25) is 5.82 Å². The summed E-state index contributed by atoms with van der Waals surface area (Å²) in [5, 5.41) is 20.7. The average molecular weight is 277 g/mol. The van der Waals surface area contributed by atoms with Crippen LogP contribution in [0.15, 0.2) is 6.07 Å². The number of carbonyl (C=O) groups excluding carboxylic acids is 1. The largest absolute Gasteiger partial charge is 0.503 e. The highest BCUT2D eigenvalue weighted by molar-refractivity contribution is 5.95. The highest BCUT2D eigenvalue weighted by atomic mass is 19.2. The van der Waals surface area contributed by atoms with Crippen LogP contribution in [0.5, 0.6) is 5.75 Å².